The monoisotopic (exact) mass is 298 g/mol. The van der Waals surface area contributed by atoms with Crippen LogP contribution in [0.2, 0.25) is 0 Å². The zero-order valence-electron chi connectivity index (χ0n) is 10.2. The number of methoxy groups -OCH3 is 1. The highest BCUT2D eigenvalue weighted by Gasteiger charge is 2.24. The van der Waals surface area contributed by atoms with Crippen LogP contribution in [0.25, 0.3) is 0 Å². The molecule has 1 saturated heterocycles. The molecule has 1 aliphatic heterocycles. The number of benzene rings is 1. The molecule has 0 saturated carbocycles. The lowest BCUT2D eigenvalue weighted by molar-refractivity contribution is 0.245. The molecule has 0 spiro atoms. The van der Waals surface area contributed by atoms with Crippen LogP contribution in [0.5, 0.6) is 5.75 Å². The topological polar surface area (TPSA) is 38.5 Å². The molecule has 4 heteroatoms. The molecule has 1 fully saturated rings. The lowest BCUT2D eigenvalue weighted by Crippen LogP contribution is -2.31. The zero-order valence-corrected chi connectivity index (χ0v) is 11.7. The normalized spacial score (nSPS) is 18.3. The average molecular weight is 299 g/mol. The summed E-state index contributed by atoms with van der Waals surface area (Å²) in [6, 6.07) is 6.39. The van der Waals surface area contributed by atoms with E-state index in [1.807, 2.05) is 12.1 Å². The second kappa shape index (κ2) is 5.85. The summed E-state index contributed by atoms with van der Waals surface area (Å²) in [5.41, 5.74) is 7.13. The van der Waals surface area contributed by atoms with Crippen molar-refractivity contribution in [3.8, 4) is 5.75 Å². The van der Waals surface area contributed by atoms with Gasteiger partial charge in [0.05, 0.1) is 13.2 Å². The molecule has 0 aromatic heterocycles. The van der Waals surface area contributed by atoms with Gasteiger partial charge in [0.2, 0.25) is 0 Å². The maximum absolute atomic E-state index is 5.95. The first kappa shape index (κ1) is 12.9. The Morgan fingerprint density at radius 1 is 1.41 bits per heavy atom. The average Bonchev–Trinajstić information content (AvgIpc) is 2.84. The number of rotatable bonds is 4. The van der Waals surface area contributed by atoms with Crippen molar-refractivity contribution in [3.63, 3.8) is 0 Å². The molecule has 1 atom stereocenters. The molecular formula is C13H19BrN2O. The Labute approximate surface area is 111 Å². The second-order valence-corrected chi connectivity index (χ2v) is 5.30. The maximum atomic E-state index is 5.95. The highest BCUT2D eigenvalue weighted by atomic mass is 79.9. The van der Waals surface area contributed by atoms with Crippen molar-refractivity contribution in [1.82, 2.24) is 4.90 Å². The summed E-state index contributed by atoms with van der Waals surface area (Å²) in [6.07, 6.45) is 2.54. The third kappa shape index (κ3) is 2.81. The van der Waals surface area contributed by atoms with E-state index < -0.39 is 0 Å². The van der Waals surface area contributed by atoms with Crippen LogP contribution < -0.4 is 10.5 Å². The molecule has 2 rings (SSSR count). The zero-order chi connectivity index (χ0) is 12.3. The van der Waals surface area contributed by atoms with Gasteiger partial charge in [-0.25, -0.2) is 0 Å². The SMILES string of the molecule is COc1ccc(Br)cc1C(CN)N1CCCC1. The molecule has 94 valence electrons. The first-order valence-electron chi connectivity index (χ1n) is 6.04. The predicted octanol–water partition coefficient (Wildman–Crippen LogP) is 2.55. The summed E-state index contributed by atoms with van der Waals surface area (Å²) in [5, 5.41) is 0. The van der Waals surface area contributed by atoms with Crippen LogP contribution in [-0.4, -0.2) is 31.6 Å². The van der Waals surface area contributed by atoms with E-state index in [1.54, 1.807) is 7.11 Å². The molecule has 1 unspecified atom stereocenters. The predicted molar refractivity (Wildman–Crippen MR) is 73.3 cm³/mol. The second-order valence-electron chi connectivity index (χ2n) is 4.38. The summed E-state index contributed by atoms with van der Waals surface area (Å²) < 4.78 is 6.51. The number of hydrogen-bond donors (Lipinski definition) is 1. The van der Waals surface area contributed by atoms with Gasteiger partial charge in [-0.3, -0.25) is 4.90 Å². The van der Waals surface area contributed by atoms with Gasteiger partial charge in [0.15, 0.2) is 0 Å². The van der Waals surface area contributed by atoms with Gasteiger partial charge in [0.1, 0.15) is 5.75 Å². The van der Waals surface area contributed by atoms with Crippen LogP contribution in [0.4, 0.5) is 0 Å². The van der Waals surface area contributed by atoms with Gasteiger partial charge in [-0.2, -0.15) is 0 Å². The lowest BCUT2D eigenvalue weighted by atomic mass is 10.0. The van der Waals surface area contributed by atoms with Crippen molar-refractivity contribution < 1.29 is 4.74 Å². The fourth-order valence-corrected chi connectivity index (χ4v) is 2.87. The first-order chi connectivity index (χ1) is 8.26. The van der Waals surface area contributed by atoms with Gasteiger partial charge in [0.25, 0.3) is 0 Å². The number of ether oxygens (including phenoxy) is 1. The van der Waals surface area contributed by atoms with E-state index in [0.717, 1.165) is 23.3 Å². The Bertz CT molecular complexity index is 378. The van der Waals surface area contributed by atoms with E-state index in [1.165, 1.54) is 18.4 Å². The number of hydrogen-bond acceptors (Lipinski definition) is 3. The molecule has 0 amide bonds. The lowest BCUT2D eigenvalue weighted by Gasteiger charge is -2.28. The fourth-order valence-electron chi connectivity index (χ4n) is 2.49. The Hall–Kier alpha value is -0.580. The van der Waals surface area contributed by atoms with Gasteiger partial charge < -0.3 is 10.5 Å². The first-order valence-corrected chi connectivity index (χ1v) is 6.83. The van der Waals surface area contributed by atoms with Crippen molar-refractivity contribution in [2.24, 2.45) is 5.73 Å². The standard InChI is InChI=1S/C13H19BrN2O/c1-17-13-5-4-10(14)8-11(13)12(9-15)16-6-2-3-7-16/h4-5,8,12H,2-3,6-7,9,15H2,1H3. The van der Waals surface area contributed by atoms with E-state index in [0.29, 0.717) is 6.54 Å². The molecule has 1 heterocycles. The quantitative estimate of drug-likeness (QED) is 0.928. The van der Waals surface area contributed by atoms with Gasteiger partial charge in [0, 0.05) is 16.6 Å². The molecule has 0 aliphatic carbocycles. The smallest absolute Gasteiger partial charge is 0.123 e. The summed E-state index contributed by atoms with van der Waals surface area (Å²) >= 11 is 3.52. The molecule has 1 aromatic carbocycles. The Kier molecular flexibility index (Phi) is 4.42. The van der Waals surface area contributed by atoms with Crippen molar-refractivity contribution >= 4 is 15.9 Å². The highest BCUT2D eigenvalue weighted by Crippen LogP contribution is 2.33. The van der Waals surface area contributed by atoms with Crippen molar-refractivity contribution in [2.45, 2.75) is 18.9 Å². The largest absolute Gasteiger partial charge is 0.496 e. The Balaban J connectivity index is 2.31. The molecule has 0 radical (unpaired) electrons. The number of likely N-dealkylation sites (tertiary alicyclic amines) is 1. The number of nitrogens with two attached hydrogens (primary N) is 1. The van der Waals surface area contributed by atoms with Crippen LogP contribution in [-0.2, 0) is 0 Å². The number of halogens is 1. The fraction of sp³-hybridized carbons (Fsp3) is 0.538. The molecule has 3 nitrogen and oxygen atoms in total. The Morgan fingerprint density at radius 2 is 2.12 bits per heavy atom. The third-order valence-electron chi connectivity index (χ3n) is 3.36. The van der Waals surface area contributed by atoms with Crippen molar-refractivity contribution in [2.75, 3.05) is 26.7 Å². The number of nitrogens with zero attached hydrogens (tertiary/aromatic N) is 1. The van der Waals surface area contributed by atoms with E-state index >= 15 is 0 Å². The van der Waals surface area contributed by atoms with E-state index in [2.05, 4.69) is 26.9 Å². The Morgan fingerprint density at radius 3 is 2.71 bits per heavy atom. The van der Waals surface area contributed by atoms with Crippen LogP contribution in [0, 0.1) is 0 Å². The van der Waals surface area contributed by atoms with E-state index in [-0.39, 0.29) is 6.04 Å². The maximum Gasteiger partial charge on any atom is 0.123 e. The molecule has 1 aromatic rings. The van der Waals surface area contributed by atoms with Gasteiger partial charge >= 0.3 is 0 Å². The minimum atomic E-state index is 0.268. The van der Waals surface area contributed by atoms with E-state index in [9.17, 15) is 0 Å². The minimum absolute atomic E-state index is 0.268. The van der Waals surface area contributed by atoms with Crippen molar-refractivity contribution in [1.29, 1.82) is 0 Å². The van der Waals surface area contributed by atoms with Gasteiger partial charge in [-0.15, -0.1) is 0 Å². The van der Waals surface area contributed by atoms with Crippen molar-refractivity contribution in [3.05, 3.63) is 28.2 Å². The highest BCUT2D eigenvalue weighted by molar-refractivity contribution is 9.10. The summed E-state index contributed by atoms with van der Waals surface area (Å²) in [7, 11) is 1.71. The van der Waals surface area contributed by atoms with E-state index in [4.69, 9.17) is 10.5 Å². The minimum Gasteiger partial charge on any atom is -0.496 e. The molecule has 1 aliphatic rings. The summed E-state index contributed by atoms with van der Waals surface area (Å²) in [5.74, 6) is 0.926. The molecular weight excluding hydrogens is 280 g/mol. The van der Waals surface area contributed by atoms with Crippen LogP contribution in [0.3, 0.4) is 0 Å². The van der Waals surface area contributed by atoms with Gasteiger partial charge in [-0.1, -0.05) is 15.9 Å². The van der Waals surface area contributed by atoms with Crippen LogP contribution >= 0.6 is 15.9 Å². The van der Waals surface area contributed by atoms with Crippen LogP contribution in [0.1, 0.15) is 24.4 Å². The third-order valence-corrected chi connectivity index (χ3v) is 3.85. The van der Waals surface area contributed by atoms with Crippen LogP contribution in [0.15, 0.2) is 22.7 Å². The molecule has 0 bridgehead atoms. The molecule has 17 heavy (non-hydrogen) atoms. The summed E-state index contributed by atoms with van der Waals surface area (Å²) in [4.78, 5) is 2.45. The summed E-state index contributed by atoms with van der Waals surface area (Å²) in [6.45, 7) is 2.90. The molecule has 2 N–H and O–H groups in total. The van der Waals surface area contributed by atoms with Gasteiger partial charge in [-0.05, 0) is 44.1 Å².